The number of hydrogen-bond acceptors (Lipinski definition) is 6. The molecule has 0 saturated heterocycles. The Labute approximate surface area is 205 Å². The van der Waals surface area contributed by atoms with Crippen molar-refractivity contribution >= 4 is 32.4 Å². The predicted molar refractivity (Wildman–Crippen MR) is 135 cm³/mol. The minimum Gasteiger partial charge on any atom is -0.316 e. The molecule has 0 spiro atoms. The normalized spacial score (nSPS) is 13.4. The quantitative estimate of drug-likeness (QED) is 0.251. The molecule has 0 aliphatic heterocycles. The van der Waals surface area contributed by atoms with E-state index >= 15 is 0 Å². The fraction of sp³-hybridized carbons (Fsp3) is 0.200. The van der Waals surface area contributed by atoms with Crippen molar-refractivity contribution in [2.75, 3.05) is 11.4 Å². The van der Waals surface area contributed by atoms with Gasteiger partial charge in [-0.2, -0.15) is 0 Å². The van der Waals surface area contributed by atoms with Crippen LogP contribution in [0.25, 0.3) is 16.7 Å². The molecule has 1 aliphatic rings. The zero-order valence-electron chi connectivity index (χ0n) is 19.3. The van der Waals surface area contributed by atoms with Crippen LogP contribution in [-0.2, 0) is 22.9 Å². The van der Waals surface area contributed by atoms with Crippen LogP contribution in [0.4, 0.5) is 11.4 Å². The number of rotatable bonds is 5. The molecule has 0 atom stereocenters. The molecule has 4 aromatic rings. The number of benzene rings is 3. The number of sulfonamides is 1. The fourth-order valence-corrected chi connectivity index (χ4v) is 6.06. The van der Waals surface area contributed by atoms with Crippen molar-refractivity contribution in [1.29, 1.82) is 0 Å². The summed E-state index contributed by atoms with van der Waals surface area (Å²) in [6.07, 6.45) is 3.73. The number of fused-ring (bicyclic) bond motifs is 3. The Morgan fingerprint density at radius 2 is 1.75 bits per heavy atom. The number of anilines is 1. The average Bonchev–Trinajstić information content (AvgIpc) is 2.89. The third kappa shape index (κ3) is 3.77. The molecule has 0 fully saturated rings. The minimum atomic E-state index is -4.30. The first kappa shape index (κ1) is 23.5. The van der Waals surface area contributed by atoms with Crippen molar-refractivity contribution in [3.05, 3.63) is 103 Å². The maximum absolute atomic E-state index is 13.3. The standard InChI is InChI=1S/C25H22N4O6S/c1-27(36(34,35)22-12-5-4-11-20(22)29(32)33)17-8-6-9-18(15-17)28-21-14-13-16-7-2-3-10-19(16)23(21)26-24(30)25(28)31/h4-6,8-9,11-15H,2-3,7,10H2,1H3,(H,26,30). The van der Waals surface area contributed by atoms with Crippen molar-refractivity contribution in [1.82, 2.24) is 9.55 Å². The third-order valence-electron chi connectivity index (χ3n) is 6.54. The molecule has 0 saturated carbocycles. The first-order valence-corrected chi connectivity index (χ1v) is 12.8. The van der Waals surface area contributed by atoms with Gasteiger partial charge in [0, 0.05) is 13.1 Å². The molecule has 10 nitrogen and oxygen atoms in total. The second-order valence-electron chi connectivity index (χ2n) is 8.62. The highest BCUT2D eigenvalue weighted by molar-refractivity contribution is 7.93. The maximum Gasteiger partial charge on any atom is 0.321 e. The number of hydrogen-bond donors (Lipinski definition) is 1. The summed E-state index contributed by atoms with van der Waals surface area (Å²) in [6, 6.07) is 15.0. The number of nitro benzene ring substituents is 1. The Balaban J connectivity index is 1.67. The van der Waals surface area contributed by atoms with Gasteiger partial charge in [-0.3, -0.25) is 28.6 Å². The maximum atomic E-state index is 13.3. The van der Waals surface area contributed by atoms with Crippen LogP contribution in [0.15, 0.2) is 75.1 Å². The molecule has 0 radical (unpaired) electrons. The molecular weight excluding hydrogens is 484 g/mol. The van der Waals surface area contributed by atoms with Gasteiger partial charge in [0.15, 0.2) is 4.90 Å². The van der Waals surface area contributed by atoms with E-state index in [0.717, 1.165) is 47.2 Å². The van der Waals surface area contributed by atoms with Crippen LogP contribution in [0.3, 0.4) is 0 Å². The van der Waals surface area contributed by atoms with E-state index in [1.807, 2.05) is 6.07 Å². The smallest absolute Gasteiger partial charge is 0.316 e. The van der Waals surface area contributed by atoms with Crippen LogP contribution in [0.1, 0.15) is 24.0 Å². The molecule has 0 unspecified atom stereocenters. The number of H-pyrrole nitrogens is 1. The molecule has 1 aliphatic carbocycles. The minimum absolute atomic E-state index is 0.170. The van der Waals surface area contributed by atoms with Gasteiger partial charge in [-0.25, -0.2) is 8.42 Å². The highest BCUT2D eigenvalue weighted by atomic mass is 32.2. The van der Waals surface area contributed by atoms with Crippen LogP contribution in [-0.4, -0.2) is 29.9 Å². The molecule has 0 amide bonds. The van der Waals surface area contributed by atoms with E-state index < -0.39 is 36.6 Å². The van der Waals surface area contributed by atoms with Crippen molar-refractivity contribution in [2.45, 2.75) is 30.6 Å². The summed E-state index contributed by atoms with van der Waals surface area (Å²) >= 11 is 0. The van der Waals surface area contributed by atoms with Gasteiger partial charge in [0.1, 0.15) is 0 Å². The van der Waals surface area contributed by atoms with Gasteiger partial charge in [0.2, 0.25) is 0 Å². The monoisotopic (exact) mass is 506 g/mol. The van der Waals surface area contributed by atoms with Gasteiger partial charge in [-0.05, 0) is 67.1 Å². The Morgan fingerprint density at radius 3 is 2.53 bits per heavy atom. The van der Waals surface area contributed by atoms with Crippen molar-refractivity contribution in [3.8, 4) is 5.69 Å². The summed E-state index contributed by atoms with van der Waals surface area (Å²) in [5.41, 5.74) is 1.63. The van der Waals surface area contributed by atoms with E-state index in [-0.39, 0.29) is 5.69 Å². The van der Waals surface area contributed by atoms with E-state index in [4.69, 9.17) is 0 Å². The first-order chi connectivity index (χ1) is 17.2. The lowest BCUT2D eigenvalue weighted by molar-refractivity contribution is -0.387. The summed E-state index contributed by atoms with van der Waals surface area (Å²) in [5, 5.41) is 11.4. The lowest BCUT2D eigenvalue weighted by atomic mass is 9.90. The molecule has 5 rings (SSSR count). The van der Waals surface area contributed by atoms with Crippen LogP contribution in [0.5, 0.6) is 0 Å². The van der Waals surface area contributed by atoms with Crippen LogP contribution in [0, 0.1) is 10.1 Å². The summed E-state index contributed by atoms with van der Waals surface area (Å²) in [4.78, 5) is 38.6. The second kappa shape index (κ2) is 8.76. The van der Waals surface area contributed by atoms with Gasteiger partial charge >= 0.3 is 11.1 Å². The number of aryl methyl sites for hydroxylation is 2. The number of nitrogens with one attached hydrogen (secondary N) is 1. The molecule has 1 N–H and O–H groups in total. The van der Waals surface area contributed by atoms with E-state index in [1.54, 1.807) is 18.2 Å². The Morgan fingerprint density at radius 1 is 1.00 bits per heavy atom. The van der Waals surface area contributed by atoms with Gasteiger partial charge < -0.3 is 4.98 Å². The molecule has 0 bridgehead atoms. The number of aromatic nitrogens is 2. The van der Waals surface area contributed by atoms with Gasteiger partial charge in [0.25, 0.3) is 15.7 Å². The van der Waals surface area contributed by atoms with Crippen molar-refractivity contribution < 1.29 is 13.3 Å². The second-order valence-corrected chi connectivity index (χ2v) is 10.6. The van der Waals surface area contributed by atoms with E-state index in [1.165, 1.54) is 41.9 Å². The predicted octanol–water partition coefficient (Wildman–Crippen LogP) is 3.29. The highest BCUT2D eigenvalue weighted by Crippen LogP contribution is 2.31. The third-order valence-corrected chi connectivity index (χ3v) is 8.37. The molecule has 3 aromatic carbocycles. The number of nitrogens with zero attached hydrogens (tertiary/aromatic N) is 3. The summed E-state index contributed by atoms with van der Waals surface area (Å²) < 4.78 is 28.8. The average molecular weight is 507 g/mol. The lowest BCUT2D eigenvalue weighted by Gasteiger charge is -2.21. The van der Waals surface area contributed by atoms with Crippen LogP contribution < -0.4 is 15.4 Å². The first-order valence-electron chi connectivity index (χ1n) is 11.3. The molecule has 184 valence electrons. The Bertz CT molecular complexity index is 1760. The Kier molecular flexibility index (Phi) is 5.71. The Hall–Kier alpha value is -4.25. The van der Waals surface area contributed by atoms with Crippen LogP contribution in [0.2, 0.25) is 0 Å². The van der Waals surface area contributed by atoms with Gasteiger partial charge in [-0.1, -0.05) is 24.3 Å². The zero-order chi connectivity index (χ0) is 25.6. The van der Waals surface area contributed by atoms with E-state index in [0.29, 0.717) is 16.7 Å². The largest absolute Gasteiger partial charge is 0.321 e. The number of nitro groups is 1. The fourth-order valence-electron chi connectivity index (χ4n) is 4.72. The summed E-state index contributed by atoms with van der Waals surface area (Å²) in [7, 11) is -3.03. The topological polar surface area (TPSA) is 135 Å². The van der Waals surface area contributed by atoms with E-state index in [2.05, 4.69) is 4.98 Å². The molecule has 1 aromatic heterocycles. The summed E-state index contributed by atoms with van der Waals surface area (Å²) in [5.74, 6) is 0. The van der Waals surface area contributed by atoms with Gasteiger partial charge in [-0.15, -0.1) is 0 Å². The molecule has 36 heavy (non-hydrogen) atoms. The van der Waals surface area contributed by atoms with Crippen molar-refractivity contribution in [3.63, 3.8) is 0 Å². The summed E-state index contributed by atoms with van der Waals surface area (Å²) in [6.45, 7) is 0. The van der Waals surface area contributed by atoms with Crippen LogP contribution >= 0.6 is 0 Å². The molecular formula is C25H22N4O6S. The number of para-hydroxylation sites is 1. The van der Waals surface area contributed by atoms with Crippen molar-refractivity contribution in [2.24, 2.45) is 0 Å². The molecule has 1 heterocycles. The molecule has 11 heteroatoms. The van der Waals surface area contributed by atoms with E-state index in [9.17, 15) is 28.1 Å². The number of aromatic amines is 1. The van der Waals surface area contributed by atoms with Gasteiger partial charge in [0.05, 0.1) is 27.3 Å². The highest BCUT2D eigenvalue weighted by Gasteiger charge is 2.29. The lowest BCUT2D eigenvalue weighted by Crippen LogP contribution is -2.36. The SMILES string of the molecule is CN(c1cccc(-n2c(=O)c(=O)[nH]c3c4c(ccc32)CCCC4)c1)S(=O)(=O)c1ccccc1[N+](=O)[O-]. The zero-order valence-corrected chi connectivity index (χ0v) is 20.1.